The molecule has 1 heterocycles. The second kappa shape index (κ2) is 4.43. The van der Waals surface area contributed by atoms with Crippen molar-refractivity contribution in [3.8, 4) is 0 Å². The Hall–Kier alpha value is -1.28. The van der Waals surface area contributed by atoms with E-state index in [9.17, 15) is 0 Å². The van der Waals surface area contributed by atoms with Gasteiger partial charge in [0.1, 0.15) is 0 Å². The quantitative estimate of drug-likeness (QED) is 0.845. The molecule has 0 fully saturated rings. The molecule has 18 heavy (non-hydrogen) atoms. The van der Waals surface area contributed by atoms with Gasteiger partial charge in [-0.3, -0.25) is 0 Å². The molecule has 1 aromatic heterocycles. The Kier molecular flexibility index (Phi) is 2.90. The van der Waals surface area contributed by atoms with Crippen molar-refractivity contribution in [1.82, 2.24) is 4.98 Å². The zero-order valence-electron chi connectivity index (χ0n) is 11.3. The molecular weight excluding hydrogens is 220 g/mol. The van der Waals surface area contributed by atoms with E-state index in [1.54, 1.807) is 0 Å². The second-order valence-corrected chi connectivity index (χ2v) is 5.58. The molecule has 0 radical (unpaired) electrons. The number of hydrogen-bond acceptors (Lipinski definition) is 1. The molecule has 2 nitrogen and oxygen atoms in total. The maximum absolute atomic E-state index is 6.34. The first-order chi connectivity index (χ1) is 8.70. The van der Waals surface area contributed by atoms with Crippen LogP contribution in [0.1, 0.15) is 54.6 Å². The lowest BCUT2D eigenvalue weighted by molar-refractivity contribution is 0.639. The Morgan fingerprint density at radius 1 is 1.28 bits per heavy atom. The van der Waals surface area contributed by atoms with Crippen LogP contribution in [0.5, 0.6) is 0 Å². The lowest BCUT2D eigenvalue weighted by atomic mass is 9.98. The number of benzene rings is 1. The Balaban J connectivity index is 2.16. The van der Waals surface area contributed by atoms with Crippen molar-refractivity contribution in [3.05, 3.63) is 34.5 Å². The molecule has 1 aromatic carbocycles. The fourth-order valence-corrected chi connectivity index (χ4v) is 3.35. The SMILES string of the molecule is CCCC(N)c1c(C)[nH]c2cc3c(cc12)CCC3. The Morgan fingerprint density at radius 3 is 2.72 bits per heavy atom. The van der Waals surface area contributed by atoms with Crippen LogP contribution < -0.4 is 5.73 Å². The van der Waals surface area contributed by atoms with E-state index in [1.165, 1.54) is 52.5 Å². The summed E-state index contributed by atoms with van der Waals surface area (Å²) in [5, 5.41) is 1.36. The molecular formula is C16H22N2. The topological polar surface area (TPSA) is 41.8 Å². The standard InChI is InChI=1S/C16H22N2/c1-3-5-14(17)16-10(2)18-15-9-12-7-4-6-11(12)8-13(15)16/h8-9,14,18H,3-7,17H2,1-2H3. The first-order valence-electron chi connectivity index (χ1n) is 7.10. The third kappa shape index (κ3) is 1.76. The van der Waals surface area contributed by atoms with Crippen molar-refractivity contribution in [2.45, 2.75) is 52.0 Å². The number of aromatic nitrogens is 1. The average molecular weight is 242 g/mol. The minimum Gasteiger partial charge on any atom is -0.358 e. The van der Waals surface area contributed by atoms with Crippen LogP contribution in [0.4, 0.5) is 0 Å². The number of H-pyrrole nitrogens is 1. The highest BCUT2D eigenvalue weighted by Gasteiger charge is 2.18. The summed E-state index contributed by atoms with van der Waals surface area (Å²) in [5.74, 6) is 0. The third-order valence-corrected chi connectivity index (χ3v) is 4.22. The van der Waals surface area contributed by atoms with Gasteiger partial charge in [-0.05, 0) is 61.4 Å². The Morgan fingerprint density at radius 2 is 2.00 bits per heavy atom. The fraction of sp³-hybridized carbons (Fsp3) is 0.500. The van der Waals surface area contributed by atoms with Gasteiger partial charge in [-0.1, -0.05) is 13.3 Å². The summed E-state index contributed by atoms with van der Waals surface area (Å²) < 4.78 is 0. The first-order valence-corrected chi connectivity index (χ1v) is 7.10. The highest BCUT2D eigenvalue weighted by molar-refractivity contribution is 5.87. The van der Waals surface area contributed by atoms with Gasteiger partial charge in [0.05, 0.1) is 0 Å². The molecule has 0 bridgehead atoms. The predicted molar refractivity (Wildman–Crippen MR) is 76.9 cm³/mol. The van der Waals surface area contributed by atoms with E-state index >= 15 is 0 Å². The lowest BCUT2D eigenvalue weighted by Gasteiger charge is -2.11. The van der Waals surface area contributed by atoms with Crippen molar-refractivity contribution in [2.24, 2.45) is 5.73 Å². The van der Waals surface area contributed by atoms with Gasteiger partial charge in [0.2, 0.25) is 0 Å². The molecule has 1 unspecified atom stereocenters. The monoisotopic (exact) mass is 242 g/mol. The van der Waals surface area contributed by atoms with E-state index < -0.39 is 0 Å². The van der Waals surface area contributed by atoms with Crippen LogP contribution in [0.25, 0.3) is 10.9 Å². The third-order valence-electron chi connectivity index (χ3n) is 4.22. The normalized spacial score (nSPS) is 16.2. The molecule has 1 aliphatic rings. The van der Waals surface area contributed by atoms with E-state index in [-0.39, 0.29) is 6.04 Å². The molecule has 96 valence electrons. The van der Waals surface area contributed by atoms with Crippen LogP contribution in [0, 0.1) is 6.92 Å². The second-order valence-electron chi connectivity index (χ2n) is 5.58. The fourth-order valence-electron chi connectivity index (χ4n) is 3.35. The van der Waals surface area contributed by atoms with Gasteiger partial charge >= 0.3 is 0 Å². The van der Waals surface area contributed by atoms with Crippen molar-refractivity contribution in [2.75, 3.05) is 0 Å². The van der Waals surface area contributed by atoms with E-state index in [0.29, 0.717) is 0 Å². The number of aryl methyl sites for hydroxylation is 3. The maximum Gasteiger partial charge on any atom is 0.0462 e. The number of hydrogen-bond donors (Lipinski definition) is 2. The molecule has 1 aliphatic carbocycles. The van der Waals surface area contributed by atoms with E-state index in [0.717, 1.165) is 12.8 Å². The minimum absolute atomic E-state index is 0.170. The van der Waals surface area contributed by atoms with Crippen molar-refractivity contribution in [1.29, 1.82) is 0 Å². The van der Waals surface area contributed by atoms with Gasteiger partial charge in [-0.15, -0.1) is 0 Å². The van der Waals surface area contributed by atoms with Crippen molar-refractivity contribution >= 4 is 10.9 Å². The summed E-state index contributed by atoms with van der Waals surface area (Å²) in [4.78, 5) is 3.52. The average Bonchev–Trinajstić information content (AvgIpc) is 2.88. The van der Waals surface area contributed by atoms with Crippen molar-refractivity contribution < 1.29 is 0 Å². The van der Waals surface area contributed by atoms with Gasteiger partial charge in [-0.2, -0.15) is 0 Å². The zero-order chi connectivity index (χ0) is 12.7. The summed E-state index contributed by atoms with van der Waals surface area (Å²) in [6, 6.07) is 4.89. The van der Waals surface area contributed by atoms with Crippen LogP contribution in [0.3, 0.4) is 0 Å². The number of nitrogens with one attached hydrogen (secondary N) is 1. The van der Waals surface area contributed by atoms with Gasteiger partial charge in [-0.25, -0.2) is 0 Å². The van der Waals surface area contributed by atoms with Gasteiger partial charge < -0.3 is 10.7 Å². The highest BCUT2D eigenvalue weighted by Crippen LogP contribution is 2.33. The highest BCUT2D eigenvalue weighted by atomic mass is 14.7. The molecule has 2 aromatic rings. The molecule has 0 saturated heterocycles. The molecule has 0 aliphatic heterocycles. The minimum atomic E-state index is 0.170. The van der Waals surface area contributed by atoms with E-state index in [1.807, 2.05) is 0 Å². The first kappa shape index (κ1) is 11.8. The smallest absolute Gasteiger partial charge is 0.0462 e. The van der Waals surface area contributed by atoms with Crippen LogP contribution in [-0.2, 0) is 12.8 Å². The molecule has 3 N–H and O–H groups in total. The number of aromatic amines is 1. The molecule has 2 heteroatoms. The summed E-state index contributed by atoms with van der Waals surface area (Å²) >= 11 is 0. The maximum atomic E-state index is 6.34. The van der Waals surface area contributed by atoms with Gasteiger partial charge in [0, 0.05) is 22.6 Å². The lowest BCUT2D eigenvalue weighted by Crippen LogP contribution is -2.10. The molecule has 0 saturated carbocycles. The molecule has 0 spiro atoms. The Labute approximate surface area is 109 Å². The number of fused-ring (bicyclic) bond motifs is 2. The van der Waals surface area contributed by atoms with Crippen LogP contribution in [-0.4, -0.2) is 4.98 Å². The summed E-state index contributed by atoms with van der Waals surface area (Å²) in [6.07, 6.45) is 5.97. The van der Waals surface area contributed by atoms with E-state index in [4.69, 9.17) is 5.73 Å². The molecule has 3 rings (SSSR count). The summed E-state index contributed by atoms with van der Waals surface area (Å²) in [6.45, 7) is 4.34. The summed E-state index contributed by atoms with van der Waals surface area (Å²) in [7, 11) is 0. The van der Waals surface area contributed by atoms with Gasteiger partial charge in [0.25, 0.3) is 0 Å². The molecule has 0 amide bonds. The largest absolute Gasteiger partial charge is 0.358 e. The number of nitrogens with two attached hydrogens (primary N) is 1. The molecule has 1 atom stereocenters. The van der Waals surface area contributed by atoms with Crippen LogP contribution in [0.2, 0.25) is 0 Å². The van der Waals surface area contributed by atoms with Crippen LogP contribution >= 0.6 is 0 Å². The summed E-state index contributed by atoms with van der Waals surface area (Å²) in [5.41, 5.74) is 13.3. The Bertz CT molecular complexity index is 580. The van der Waals surface area contributed by atoms with Crippen LogP contribution in [0.15, 0.2) is 12.1 Å². The zero-order valence-corrected chi connectivity index (χ0v) is 11.3. The van der Waals surface area contributed by atoms with E-state index in [2.05, 4.69) is 31.0 Å². The number of rotatable bonds is 3. The van der Waals surface area contributed by atoms with Crippen molar-refractivity contribution in [3.63, 3.8) is 0 Å². The van der Waals surface area contributed by atoms with Gasteiger partial charge in [0.15, 0.2) is 0 Å². The predicted octanol–water partition coefficient (Wildman–Crippen LogP) is 3.76.